The quantitative estimate of drug-likeness (QED) is 0.434. The van der Waals surface area contributed by atoms with Gasteiger partial charge in [0, 0.05) is 10.9 Å². The van der Waals surface area contributed by atoms with Crippen LogP contribution in [0.3, 0.4) is 0 Å². The van der Waals surface area contributed by atoms with Crippen molar-refractivity contribution in [1.82, 2.24) is 4.98 Å². The van der Waals surface area contributed by atoms with Crippen molar-refractivity contribution in [3.63, 3.8) is 0 Å². The Kier molecular flexibility index (Phi) is 2.72. The number of thiazole rings is 1. The van der Waals surface area contributed by atoms with Crippen LogP contribution in [0, 0.1) is 0 Å². The first kappa shape index (κ1) is 11.9. The molecule has 3 heteroatoms. The maximum atomic E-state index is 6.27. The molecule has 0 aliphatic heterocycles. The number of hydrogen-bond acceptors (Lipinski definition) is 2. The van der Waals surface area contributed by atoms with Crippen LogP contribution in [0.2, 0.25) is 5.02 Å². The smallest absolute Gasteiger partial charge is 0.126 e. The van der Waals surface area contributed by atoms with Crippen molar-refractivity contribution in [3.8, 4) is 10.6 Å². The fourth-order valence-electron chi connectivity index (χ4n) is 2.41. The Morgan fingerprint density at radius 1 is 0.850 bits per heavy atom. The summed E-state index contributed by atoms with van der Waals surface area (Å²) in [6, 6.07) is 20.5. The molecule has 0 aliphatic rings. The van der Waals surface area contributed by atoms with Gasteiger partial charge in [0.1, 0.15) is 5.01 Å². The standard InChI is InChI=1S/C17H10ClNS/c18-14-8-4-3-7-13(14)17-19-16-12-6-2-1-5-11(12)9-10-15(16)20-17/h1-10H. The number of nitrogens with zero attached hydrogens (tertiary/aromatic N) is 1. The maximum absolute atomic E-state index is 6.27. The van der Waals surface area contributed by atoms with Gasteiger partial charge in [-0.15, -0.1) is 11.3 Å². The second kappa shape index (κ2) is 4.58. The molecule has 0 aliphatic carbocycles. The lowest BCUT2D eigenvalue weighted by Crippen LogP contribution is -1.78. The molecule has 1 nitrogen and oxygen atoms in total. The van der Waals surface area contributed by atoms with Gasteiger partial charge in [0.25, 0.3) is 0 Å². The van der Waals surface area contributed by atoms with Crippen molar-refractivity contribution < 1.29 is 0 Å². The van der Waals surface area contributed by atoms with Crippen LogP contribution in [0.5, 0.6) is 0 Å². The summed E-state index contributed by atoms with van der Waals surface area (Å²) in [6.07, 6.45) is 0. The zero-order chi connectivity index (χ0) is 13.5. The summed E-state index contributed by atoms with van der Waals surface area (Å²) in [5.41, 5.74) is 2.06. The van der Waals surface area contributed by atoms with E-state index in [0.29, 0.717) is 0 Å². The lowest BCUT2D eigenvalue weighted by atomic mass is 10.1. The van der Waals surface area contributed by atoms with Crippen molar-refractivity contribution in [2.75, 3.05) is 0 Å². The van der Waals surface area contributed by atoms with Gasteiger partial charge < -0.3 is 0 Å². The van der Waals surface area contributed by atoms with Crippen LogP contribution in [-0.2, 0) is 0 Å². The first-order chi connectivity index (χ1) is 9.83. The van der Waals surface area contributed by atoms with Crippen LogP contribution in [0.15, 0.2) is 60.7 Å². The molecule has 0 bridgehead atoms. The third kappa shape index (κ3) is 1.80. The molecule has 0 spiro atoms. The highest BCUT2D eigenvalue weighted by atomic mass is 35.5. The summed E-state index contributed by atoms with van der Waals surface area (Å²) in [5, 5.41) is 4.13. The van der Waals surface area contributed by atoms with Gasteiger partial charge in [-0.25, -0.2) is 4.98 Å². The minimum absolute atomic E-state index is 0.746. The number of hydrogen-bond donors (Lipinski definition) is 0. The summed E-state index contributed by atoms with van der Waals surface area (Å²) >= 11 is 7.96. The van der Waals surface area contributed by atoms with Crippen LogP contribution in [-0.4, -0.2) is 4.98 Å². The Labute approximate surface area is 125 Å². The van der Waals surface area contributed by atoms with Crippen molar-refractivity contribution in [3.05, 3.63) is 65.7 Å². The van der Waals surface area contributed by atoms with Gasteiger partial charge in [-0.2, -0.15) is 0 Å². The fraction of sp³-hybridized carbons (Fsp3) is 0. The monoisotopic (exact) mass is 295 g/mol. The van der Waals surface area contributed by atoms with Gasteiger partial charge in [0.05, 0.1) is 15.2 Å². The van der Waals surface area contributed by atoms with Crippen LogP contribution in [0.25, 0.3) is 31.6 Å². The van der Waals surface area contributed by atoms with E-state index >= 15 is 0 Å². The summed E-state index contributed by atoms with van der Waals surface area (Å²) < 4.78 is 1.19. The van der Waals surface area contributed by atoms with E-state index in [9.17, 15) is 0 Å². The molecule has 0 atom stereocenters. The Hall–Kier alpha value is -1.90. The number of benzene rings is 3. The number of halogens is 1. The first-order valence-corrected chi connectivity index (χ1v) is 7.55. The minimum atomic E-state index is 0.746. The number of aromatic nitrogens is 1. The molecule has 4 rings (SSSR count). The predicted molar refractivity (Wildman–Crippen MR) is 87.6 cm³/mol. The average Bonchev–Trinajstić information content (AvgIpc) is 2.92. The summed E-state index contributed by atoms with van der Waals surface area (Å²) in [5.74, 6) is 0. The van der Waals surface area contributed by atoms with E-state index in [1.807, 2.05) is 24.3 Å². The molecule has 4 aromatic rings. The maximum Gasteiger partial charge on any atom is 0.126 e. The second-order valence-electron chi connectivity index (χ2n) is 4.63. The lowest BCUT2D eigenvalue weighted by molar-refractivity contribution is 1.49. The molecule has 1 aromatic heterocycles. The third-order valence-electron chi connectivity index (χ3n) is 3.39. The SMILES string of the molecule is Clc1ccccc1-c1nc2c(ccc3ccccc32)s1. The van der Waals surface area contributed by atoms with Crippen molar-refractivity contribution >= 4 is 43.9 Å². The van der Waals surface area contributed by atoms with Gasteiger partial charge in [-0.1, -0.05) is 60.1 Å². The van der Waals surface area contributed by atoms with Gasteiger partial charge in [-0.3, -0.25) is 0 Å². The number of rotatable bonds is 1. The molecule has 0 radical (unpaired) electrons. The summed E-state index contributed by atoms with van der Waals surface area (Å²) in [6.45, 7) is 0. The Morgan fingerprint density at radius 3 is 2.55 bits per heavy atom. The number of fused-ring (bicyclic) bond motifs is 3. The van der Waals surface area contributed by atoms with Gasteiger partial charge in [0.2, 0.25) is 0 Å². The van der Waals surface area contributed by atoms with E-state index < -0.39 is 0 Å². The Balaban J connectivity index is 2.04. The Bertz CT molecular complexity index is 926. The zero-order valence-corrected chi connectivity index (χ0v) is 12.1. The summed E-state index contributed by atoms with van der Waals surface area (Å²) in [7, 11) is 0. The largest absolute Gasteiger partial charge is 0.235 e. The average molecular weight is 296 g/mol. The van der Waals surface area contributed by atoms with Crippen LogP contribution in [0.4, 0.5) is 0 Å². The molecule has 20 heavy (non-hydrogen) atoms. The van der Waals surface area contributed by atoms with Crippen molar-refractivity contribution in [2.45, 2.75) is 0 Å². The van der Waals surface area contributed by atoms with Crippen LogP contribution in [0.1, 0.15) is 0 Å². The van der Waals surface area contributed by atoms with Gasteiger partial charge in [-0.05, 0) is 17.5 Å². The van der Waals surface area contributed by atoms with Crippen LogP contribution >= 0.6 is 22.9 Å². The zero-order valence-electron chi connectivity index (χ0n) is 10.5. The van der Waals surface area contributed by atoms with E-state index in [1.54, 1.807) is 11.3 Å². The van der Waals surface area contributed by atoms with Gasteiger partial charge >= 0.3 is 0 Å². The van der Waals surface area contributed by atoms with Crippen molar-refractivity contribution in [2.24, 2.45) is 0 Å². The van der Waals surface area contributed by atoms with E-state index in [2.05, 4.69) is 36.4 Å². The van der Waals surface area contributed by atoms with Gasteiger partial charge in [0.15, 0.2) is 0 Å². The summed E-state index contributed by atoms with van der Waals surface area (Å²) in [4.78, 5) is 4.81. The molecule has 1 heterocycles. The van der Waals surface area contributed by atoms with E-state index in [4.69, 9.17) is 16.6 Å². The van der Waals surface area contributed by atoms with E-state index in [0.717, 1.165) is 21.1 Å². The molecule has 3 aromatic carbocycles. The minimum Gasteiger partial charge on any atom is -0.235 e. The Morgan fingerprint density at radius 2 is 1.65 bits per heavy atom. The molecular formula is C17H10ClNS. The second-order valence-corrected chi connectivity index (χ2v) is 6.07. The first-order valence-electron chi connectivity index (χ1n) is 6.36. The molecule has 0 amide bonds. The molecule has 0 saturated heterocycles. The lowest BCUT2D eigenvalue weighted by Gasteiger charge is -1.98. The molecule has 96 valence electrons. The normalized spacial score (nSPS) is 11.2. The topological polar surface area (TPSA) is 12.9 Å². The van der Waals surface area contributed by atoms with E-state index in [-0.39, 0.29) is 0 Å². The highest BCUT2D eigenvalue weighted by molar-refractivity contribution is 7.21. The molecule has 0 saturated carbocycles. The van der Waals surface area contributed by atoms with Crippen molar-refractivity contribution in [1.29, 1.82) is 0 Å². The molecule has 0 fully saturated rings. The molecular weight excluding hydrogens is 286 g/mol. The highest BCUT2D eigenvalue weighted by Crippen LogP contribution is 2.36. The van der Waals surface area contributed by atoms with E-state index in [1.165, 1.54) is 15.5 Å². The predicted octanol–water partition coefficient (Wildman–Crippen LogP) is 5.77. The third-order valence-corrected chi connectivity index (χ3v) is 4.77. The highest BCUT2D eigenvalue weighted by Gasteiger charge is 2.11. The molecule has 0 unspecified atom stereocenters. The molecule has 0 N–H and O–H groups in total. The van der Waals surface area contributed by atoms with Crippen LogP contribution < -0.4 is 0 Å². The fourth-order valence-corrected chi connectivity index (χ4v) is 3.71.